The van der Waals surface area contributed by atoms with E-state index < -0.39 is 11.4 Å². The van der Waals surface area contributed by atoms with Crippen LogP contribution in [-0.2, 0) is 10.3 Å². The van der Waals surface area contributed by atoms with Crippen LogP contribution < -0.4 is 19.5 Å². The molecule has 0 saturated heterocycles. The number of halogens is 1. The van der Waals surface area contributed by atoms with Gasteiger partial charge in [-0.25, -0.2) is 4.39 Å². The number of hydrogen-bond donors (Lipinski definition) is 1. The third-order valence-electron chi connectivity index (χ3n) is 4.41. The van der Waals surface area contributed by atoms with Crippen LogP contribution in [0.2, 0.25) is 0 Å². The monoisotopic (exact) mass is 377 g/mol. The summed E-state index contributed by atoms with van der Waals surface area (Å²) in [4.78, 5) is 12.6. The quantitative estimate of drug-likeness (QED) is 0.766. The van der Waals surface area contributed by atoms with E-state index >= 15 is 0 Å². The summed E-state index contributed by atoms with van der Waals surface area (Å²) in [7, 11) is 5.90. The lowest BCUT2D eigenvalue weighted by Gasteiger charge is -2.29. The number of rotatable bonds is 8. The molecule has 1 unspecified atom stereocenters. The first-order valence-corrected chi connectivity index (χ1v) is 8.28. The lowest BCUT2D eigenvalue weighted by molar-refractivity contribution is 0.000386. The summed E-state index contributed by atoms with van der Waals surface area (Å²) in [5.41, 5.74) is -0.351. The highest BCUT2D eigenvalue weighted by Gasteiger charge is 2.30. The van der Waals surface area contributed by atoms with Gasteiger partial charge in [-0.2, -0.15) is 0 Å². The zero-order valence-electron chi connectivity index (χ0n) is 16.1. The van der Waals surface area contributed by atoms with E-state index in [1.165, 1.54) is 34.5 Å². The van der Waals surface area contributed by atoms with Crippen LogP contribution in [0.1, 0.15) is 22.8 Å². The zero-order valence-corrected chi connectivity index (χ0v) is 16.1. The molecule has 0 aliphatic carbocycles. The van der Waals surface area contributed by atoms with E-state index in [9.17, 15) is 9.18 Å². The SMILES string of the molecule is COc1cc(C(=O)NCC(C)(OC)c2ccccc2F)cc(OC)c1OC. The molecule has 0 heterocycles. The van der Waals surface area contributed by atoms with Crippen molar-refractivity contribution >= 4 is 5.91 Å². The van der Waals surface area contributed by atoms with Crippen LogP contribution in [0.25, 0.3) is 0 Å². The molecule has 6 nitrogen and oxygen atoms in total. The van der Waals surface area contributed by atoms with Crippen molar-refractivity contribution in [1.29, 1.82) is 0 Å². The molecule has 1 N–H and O–H groups in total. The fourth-order valence-electron chi connectivity index (χ4n) is 2.73. The molecule has 0 fully saturated rings. The Bertz CT molecular complexity index is 786. The van der Waals surface area contributed by atoms with Crippen molar-refractivity contribution in [3.8, 4) is 17.2 Å². The summed E-state index contributed by atoms with van der Waals surface area (Å²) in [5, 5.41) is 2.77. The van der Waals surface area contributed by atoms with Crippen molar-refractivity contribution in [3.05, 3.63) is 53.3 Å². The minimum Gasteiger partial charge on any atom is -0.493 e. The third kappa shape index (κ3) is 4.31. The van der Waals surface area contributed by atoms with Gasteiger partial charge in [0.05, 0.1) is 27.9 Å². The van der Waals surface area contributed by atoms with E-state index in [1.54, 1.807) is 37.3 Å². The Morgan fingerprint density at radius 1 is 1.04 bits per heavy atom. The van der Waals surface area contributed by atoms with Crippen LogP contribution in [0.15, 0.2) is 36.4 Å². The molecule has 1 amide bonds. The number of nitrogens with one attached hydrogen (secondary N) is 1. The fourth-order valence-corrected chi connectivity index (χ4v) is 2.73. The molecule has 1 atom stereocenters. The molecular weight excluding hydrogens is 353 g/mol. The first kappa shape index (κ1) is 20.5. The zero-order chi connectivity index (χ0) is 20.0. The summed E-state index contributed by atoms with van der Waals surface area (Å²) >= 11 is 0. The summed E-state index contributed by atoms with van der Waals surface area (Å²) in [6.07, 6.45) is 0. The van der Waals surface area contributed by atoms with Crippen molar-refractivity contribution in [1.82, 2.24) is 5.32 Å². The molecule has 0 radical (unpaired) electrons. The number of amides is 1. The molecule has 0 saturated carbocycles. The van der Waals surface area contributed by atoms with Gasteiger partial charge in [-0.15, -0.1) is 0 Å². The molecule has 0 bridgehead atoms. The van der Waals surface area contributed by atoms with Gasteiger partial charge in [-0.1, -0.05) is 18.2 Å². The predicted molar refractivity (Wildman–Crippen MR) is 99.2 cm³/mol. The largest absolute Gasteiger partial charge is 0.493 e. The highest BCUT2D eigenvalue weighted by atomic mass is 19.1. The summed E-state index contributed by atoms with van der Waals surface area (Å²) < 4.78 is 35.4. The van der Waals surface area contributed by atoms with E-state index in [0.29, 0.717) is 28.4 Å². The van der Waals surface area contributed by atoms with Crippen molar-refractivity contribution in [2.75, 3.05) is 35.0 Å². The summed E-state index contributed by atoms with van der Waals surface area (Å²) in [6, 6.07) is 9.39. The smallest absolute Gasteiger partial charge is 0.251 e. The van der Waals surface area contributed by atoms with Gasteiger partial charge in [-0.3, -0.25) is 4.79 Å². The van der Waals surface area contributed by atoms with Crippen LogP contribution in [-0.4, -0.2) is 40.9 Å². The van der Waals surface area contributed by atoms with Gasteiger partial charge in [0, 0.05) is 18.2 Å². The lowest BCUT2D eigenvalue weighted by Crippen LogP contribution is -2.40. The van der Waals surface area contributed by atoms with Crippen LogP contribution in [0.3, 0.4) is 0 Å². The van der Waals surface area contributed by atoms with Gasteiger partial charge in [-0.05, 0) is 25.1 Å². The normalized spacial score (nSPS) is 12.8. The number of carbonyl (C=O) groups excluding carboxylic acids is 1. The topological polar surface area (TPSA) is 66.0 Å². The molecule has 2 aromatic carbocycles. The van der Waals surface area contributed by atoms with E-state index in [1.807, 2.05) is 0 Å². The lowest BCUT2D eigenvalue weighted by atomic mass is 9.95. The first-order chi connectivity index (χ1) is 12.9. The number of methoxy groups -OCH3 is 4. The maximum Gasteiger partial charge on any atom is 0.251 e. The third-order valence-corrected chi connectivity index (χ3v) is 4.41. The van der Waals surface area contributed by atoms with Gasteiger partial charge >= 0.3 is 0 Å². The Kier molecular flexibility index (Phi) is 6.63. The maximum atomic E-state index is 14.2. The Labute approximate surface area is 158 Å². The van der Waals surface area contributed by atoms with Crippen molar-refractivity contribution in [2.45, 2.75) is 12.5 Å². The molecule has 0 aliphatic rings. The Morgan fingerprint density at radius 3 is 2.11 bits per heavy atom. The molecule has 2 aromatic rings. The maximum absolute atomic E-state index is 14.2. The number of hydrogen-bond acceptors (Lipinski definition) is 5. The van der Waals surface area contributed by atoms with E-state index in [0.717, 1.165) is 0 Å². The molecule has 0 aromatic heterocycles. The first-order valence-electron chi connectivity index (χ1n) is 8.28. The van der Waals surface area contributed by atoms with Gasteiger partial charge in [0.2, 0.25) is 5.75 Å². The summed E-state index contributed by atoms with van der Waals surface area (Å²) in [6.45, 7) is 1.78. The fraction of sp³-hybridized carbons (Fsp3) is 0.350. The Hall–Kier alpha value is -2.80. The van der Waals surface area contributed by atoms with E-state index in [-0.39, 0.29) is 12.5 Å². The second-order valence-electron chi connectivity index (χ2n) is 6.01. The standard InChI is InChI=1S/C20H24FNO5/c1-20(27-5,14-8-6-7-9-15(14)21)12-22-19(23)13-10-16(24-2)18(26-4)17(11-13)25-3/h6-11H,12H2,1-5H3,(H,22,23). The van der Waals surface area contributed by atoms with Crippen molar-refractivity contribution < 1.29 is 28.1 Å². The van der Waals surface area contributed by atoms with Gasteiger partial charge < -0.3 is 24.3 Å². The molecule has 7 heteroatoms. The number of carbonyl (C=O) groups is 1. The average Bonchev–Trinajstić information content (AvgIpc) is 2.70. The van der Waals surface area contributed by atoms with Crippen molar-refractivity contribution in [3.63, 3.8) is 0 Å². The molecule has 146 valence electrons. The Morgan fingerprint density at radius 2 is 1.63 bits per heavy atom. The second kappa shape index (κ2) is 8.73. The van der Waals surface area contributed by atoms with Crippen molar-refractivity contribution in [2.24, 2.45) is 0 Å². The molecule has 0 aliphatic heterocycles. The van der Waals surface area contributed by atoms with E-state index in [2.05, 4.69) is 5.32 Å². The highest BCUT2D eigenvalue weighted by molar-refractivity contribution is 5.95. The van der Waals surface area contributed by atoms with Gasteiger partial charge in [0.1, 0.15) is 11.4 Å². The van der Waals surface area contributed by atoms with Gasteiger partial charge in [0.15, 0.2) is 11.5 Å². The van der Waals surface area contributed by atoms with Crippen LogP contribution in [0.4, 0.5) is 4.39 Å². The molecule has 0 spiro atoms. The second-order valence-corrected chi connectivity index (χ2v) is 6.01. The highest BCUT2D eigenvalue weighted by Crippen LogP contribution is 2.38. The average molecular weight is 377 g/mol. The minimum atomic E-state index is -1.03. The number of benzene rings is 2. The van der Waals surface area contributed by atoms with Crippen LogP contribution in [0.5, 0.6) is 17.2 Å². The molecular formula is C20H24FNO5. The van der Waals surface area contributed by atoms with Gasteiger partial charge in [0.25, 0.3) is 5.91 Å². The van der Waals surface area contributed by atoms with Crippen LogP contribution >= 0.6 is 0 Å². The summed E-state index contributed by atoms with van der Waals surface area (Å²) in [5.74, 6) is 0.346. The predicted octanol–water partition coefficient (Wildman–Crippen LogP) is 3.14. The Balaban J connectivity index is 2.25. The molecule has 2 rings (SSSR count). The number of ether oxygens (including phenoxy) is 4. The molecule has 27 heavy (non-hydrogen) atoms. The minimum absolute atomic E-state index is 0.0694. The van der Waals surface area contributed by atoms with E-state index in [4.69, 9.17) is 18.9 Å². The van der Waals surface area contributed by atoms with Crippen LogP contribution in [0, 0.1) is 5.82 Å².